The number of carboxylic acid groups (broad SMARTS) is 1. The van der Waals surface area contributed by atoms with Crippen molar-refractivity contribution < 1.29 is 24.2 Å². The van der Waals surface area contributed by atoms with Gasteiger partial charge in [-0.1, -0.05) is 36.4 Å². The average molecular weight is 411 g/mol. The summed E-state index contributed by atoms with van der Waals surface area (Å²) in [6, 6.07) is 7.13. The number of nitrogens with one attached hydrogen (secondary N) is 1. The van der Waals surface area contributed by atoms with Crippen LogP contribution in [-0.4, -0.2) is 35.3 Å². The SMILES string of the molecule is C=C(N[C@@H](CC(=O)OC(C)(C)C)C(=O)O)OCC1C2=C(CCC=C2)c2ccccc21. The van der Waals surface area contributed by atoms with Gasteiger partial charge in [0.1, 0.15) is 18.2 Å². The van der Waals surface area contributed by atoms with Crippen molar-refractivity contribution in [2.24, 2.45) is 0 Å². The summed E-state index contributed by atoms with van der Waals surface area (Å²) < 4.78 is 11.0. The van der Waals surface area contributed by atoms with Gasteiger partial charge in [0.25, 0.3) is 0 Å². The van der Waals surface area contributed by atoms with Crippen LogP contribution < -0.4 is 5.32 Å². The van der Waals surface area contributed by atoms with Crippen molar-refractivity contribution in [1.29, 1.82) is 0 Å². The molecule has 0 aliphatic heterocycles. The van der Waals surface area contributed by atoms with Crippen LogP contribution in [-0.2, 0) is 19.1 Å². The highest BCUT2D eigenvalue weighted by atomic mass is 16.6. The van der Waals surface area contributed by atoms with Crippen molar-refractivity contribution in [2.45, 2.75) is 57.6 Å². The van der Waals surface area contributed by atoms with Gasteiger partial charge in [0, 0.05) is 5.92 Å². The van der Waals surface area contributed by atoms with E-state index in [-0.39, 0.29) is 18.2 Å². The largest absolute Gasteiger partial charge is 0.480 e. The van der Waals surface area contributed by atoms with Gasteiger partial charge in [0.05, 0.1) is 6.42 Å². The molecule has 1 aromatic rings. The smallest absolute Gasteiger partial charge is 0.326 e. The molecule has 2 aliphatic rings. The Labute approximate surface area is 177 Å². The number of hydrogen-bond donors (Lipinski definition) is 2. The number of carbonyl (C=O) groups is 2. The molecule has 0 amide bonds. The Morgan fingerprint density at radius 3 is 2.73 bits per heavy atom. The van der Waals surface area contributed by atoms with Crippen LogP contribution in [0.2, 0.25) is 0 Å². The molecule has 2 N–H and O–H groups in total. The predicted molar refractivity (Wildman–Crippen MR) is 115 cm³/mol. The molecule has 30 heavy (non-hydrogen) atoms. The fourth-order valence-electron chi connectivity index (χ4n) is 3.89. The Balaban J connectivity index is 1.62. The van der Waals surface area contributed by atoms with E-state index in [1.165, 1.54) is 22.3 Å². The summed E-state index contributed by atoms with van der Waals surface area (Å²) in [5, 5.41) is 12.2. The number of benzene rings is 1. The molecule has 0 radical (unpaired) electrons. The van der Waals surface area contributed by atoms with E-state index in [1.54, 1.807) is 20.8 Å². The van der Waals surface area contributed by atoms with Crippen molar-refractivity contribution in [2.75, 3.05) is 6.61 Å². The maximum atomic E-state index is 12.0. The monoisotopic (exact) mass is 411 g/mol. The van der Waals surface area contributed by atoms with E-state index >= 15 is 0 Å². The third-order valence-electron chi connectivity index (χ3n) is 5.09. The molecule has 6 heteroatoms. The van der Waals surface area contributed by atoms with Crippen LogP contribution in [0.25, 0.3) is 5.57 Å². The fraction of sp³-hybridized carbons (Fsp3) is 0.417. The molecule has 2 aliphatic carbocycles. The van der Waals surface area contributed by atoms with Crippen molar-refractivity contribution in [3.05, 3.63) is 65.6 Å². The first-order valence-electron chi connectivity index (χ1n) is 10.2. The van der Waals surface area contributed by atoms with Crippen LogP contribution in [0, 0.1) is 0 Å². The zero-order valence-electron chi connectivity index (χ0n) is 17.7. The fourth-order valence-corrected chi connectivity index (χ4v) is 3.89. The molecule has 160 valence electrons. The minimum atomic E-state index is -1.17. The summed E-state index contributed by atoms with van der Waals surface area (Å²) in [6.07, 6.45) is 6.05. The molecular formula is C24H29NO5. The molecule has 6 nitrogen and oxygen atoms in total. The van der Waals surface area contributed by atoms with Gasteiger partial charge in [-0.15, -0.1) is 0 Å². The van der Waals surface area contributed by atoms with Crippen molar-refractivity contribution in [3.63, 3.8) is 0 Å². The molecule has 0 spiro atoms. The minimum Gasteiger partial charge on any atom is -0.480 e. The molecule has 3 rings (SSSR count). The maximum Gasteiger partial charge on any atom is 0.326 e. The number of carbonyl (C=O) groups excluding carboxylic acids is 1. The van der Waals surface area contributed by atoms with Crippen LogP contribution in [0.1, 0.15) is 57.1 Å². The third-order valence-corrected chi connectivity index (χ3v) is 5.09. The second-order valence-electron chi connectivity index (χ2n) is 8.57. The molecule has 0 fully saturated rings. The minimum absolute atomic E-state index is 0.0698. The molecule has 2 atom stereocenters. The highest BCUT2D eigenvalue weighted by molar-refractivity contribution is 5.82. The zero-order chi connectivity index (χ0) is 21.9. The van der Waals surface area contributed by atoms with E-state index in [0.717, 1.165) is 12.8 Å². The normalized spacial score (nSPS) is 18.3. The highest BCUT2D eigenvalue weighted by Gasteiger charge is 2.31. The lowest BCUT2D eigenvalue weighted by molar-refractivity contribution is -0.158. The first-order chi connectivity index (χ1) is 14.2. The summed E-state index contributed by atoms with van der Waals surface area (Å²) in [6.45, 7) is 9.34. The molecule has 0 saturated carbocycles. The zero-order valence-corrected chi connectivity index (χ0v) is 17.7. The Morgan fingerprint density at radius 2 is 2.03 bits per heavy atom. The highest BCUT2D eigenvalue weighted by Crippen LogP contribution is 2.46. The lowest BCUT2D eigenvalue weighted by atomic mass is 9.93. The summed E-state index contributed by atoms with van der Waals surface area (Å²) in [4.78, 5) is 23.6. The van der Waals surface area contributed by atoms with Gasteiger partial charge in [0.15, 0.2) is 5.88 Å². The lowest BCUT2D eigenvalue weighted by Gasteiger charge is -2.23. The number of hydrogen-bond acceptors (Lipinski definition) is 5. The Bertz CT molecular complexity index is 906. The second kappa shape index (κ2) is 8.78. The van der Waals surface area contributed by atoms with Gasteiger partial charge in [0.2, 0.25) is 0 Å². The van der Waals surface area contributed by atoms with E-state index in [4.69, 9.17) is 9.47 Å². The molecule has 0 saturated heterocycles. The van der Waals surface area contributed by atoms with Gasteiger partial charge in [-0.05, 0) is 62.5 Å². The number of ether oxygens (including phenoxy) is 2. The van der Waals surface area contributed by atoms with Gasteiger partial charge in [-0.25, -0.2) is 4.79 Å². The van der Waals surface area contributed by atoms with Gasteiger partial charge in [-0.2, -0.15) is 0 Å². The van der Waals surface area contributed by atoms with Crippen LogP contribution >= 0.6 is 0 Å². The average Bonchev–Trinajstić information content (AvgIpc) is 2.98. The van der Waals surface area contributed by atoms with E-state index < -0.39 is 23.6 Å². The Kier molecular flexibility index (Phi) is 6.34. The van der Waals surface area contributed by atoms with Crippen molar-refractivity contribution in [1.82, 2.24) is 5.32 Å². The quantitative estimate of drug-likeness (QED) is 0.494. The molecule has 0 bridgehead atoms. The van der Waals surface area contributed by atoms with E-state index in [9.17, 15) is 14.7 Å². The Morgan fingerprint density at radius 1 is 1.30 bits per heavy atom. The van der Waals surface area contributed by atoms with E-state index in [0.29, 0.717) is 6.61 Å². The summed E-state index contributed by atoms with van der Waals surface area (Å²) in [5.74, 6) is -1.57. The molecule has 0 heterocycles. The lowest BCUT2D eigenvalue weighted by Crippen LogP contribution is -2.40. The summed E-state index contributed by atoms with van der Waals surface area (Å²) >= 11 is 0. The number of fused-ring (bicyclic) bond motifs is 2. The predicted octanol–water partition coefficient (Wildman–Crippen LogP) is 4.15. The van der Waals surface area contributed by atoms with Crippen LogP contribution in [0.4, 0.5) is 0 Å². The molecular weight excluding hydrogens is 382 g/mol. The number of aliphatic carboxylic acids is 1. The maximum absolute atomic E-state index is 12.0. The first-order valence-corrected chi connectivity index (χ1v) is 10.2. The number of carboxylic acids is 1. The molecule has 0 aromatic heterocycles. The van der Waals surface area contributed by atoms with Gasteiger partial charge < -0.3 is 19.9 Å². The summed E-state index contributed by atoms with van der Waals surface area (Å²) in [7, 11) is 0. The van der Waals surface area contributed by atoms with Crippen LogP contribution in [0.3, 0.4) is 0 Å². The number of rotatable bonds is 8. The van der Waals surface area contributed by atoms with Crippen molar-refractivity contribution in [3.8, 4) is 0 Å². The second-order valence-corrected chi connectivity index (χ2v) is 8.57. The first kappa shape index (κ1) is 21.7. The Hall–Kier alpha value is -3.02. The summed E-state index contributed by atoms with van der Waals surface area (Å²) in [5.41, 5.74) is 4.40. The third kappa shape index (κ3) is 5.12. The van der Waals surface area contributed by atoms with E-state index in [1.807, 2.05) is 12.1 Å². The standard InChI is InChI=1S/C24H29NO5/c1-15(25-21(23(27)28)13-22(26)30-24(2,3)4)29-14-20-18-11-7-5-9-16(18)17-10-6-8-12-19(17)20/h5,7-9,11-12,20-21,25H,1,6,10,13-14H2,2-4H3,(H,27,28)/t20?,21-/m0/s1. The van der Waals surface area contributed by atoms with E-state index in [2.05, 4.69) is 36.2 Å². The van der Waals surface area contributed by atoms with Gasteiger partial charge >= 0.3 is 11.9 Å². The topological polar surface area (TPSA) is 84.9 Å². The molecule has 1 unspecified atom stereocenters. The van der Waals surface area contributed by atoms with Gasteiger partial charge in [-0.3, -0.25) is 4.79 Å². The molecule has 1 aromatic carbocycles. The van der Waals surface area contributed by atoms with Crippen LogP contribution in [0.15, 0.2) is 54.5 Å². The van der Waals surface area contributed by atoms with Crippen LogP contribution in [0.5, 0.6) is 0 Å². The van der Waals surface area contributed by atoms with Crippen molar-refractivity contribution >= 4 is 17.5 Å². The number of allylic oxidation sites excluding steroid dienone is 3. The number of esters is 1.